The van der Waals surface area contributed by atoms with Gasteiger partial charge in [-0.1, -0.05) is 18.5 Å². The molecule has 1 aliphatic rings. The Bertz CT molecular complexity index is 602. The normalized spacial score (nSPS) is 22.9. The van der Waals surface area contributed by atoms with Gasteiger partial charge in [0.15, 0.2) is 0 Å². The van der Waals surface area contributed by atoms with Gasteiger partial charge in [-0.2, -0.15) is 0 Å². The van der Waals surface area contributed by atoms with Gasteiger partial charge < -0.3 is 9.88 Å². The highest BCUT2D eigenvalue weighted by atomic mass is 79.9. The highest BCUT2D eigenvalue weighted by Gasteiger charge is 2.33. The number of hydrogen-bond acceptors (Lipinski definition) is 2. The maximum atomic E-state index is 6.01. The average molecular weight is 341 g/mol. The summed E-state index contributed by atoms with van der Waals surface area (Å²) in [5.74, 6) is 0. The smallest absolute Gasteiger partial charge is 0.0994 e. The summed E-state index contributed by atoms with van der Waals surface area (Å²) < 4.78 is 3.13. The summed E-state index contributed by atoms with van der Waals surface area (Å²) in [4.78, 5) is 4.33. The van der Waals surface area contributed by atoms with Crippen LogP contribution in [0.4, 0.5) is 0 Å². The number of hydrogen-bond donors (Lipinski definition) is 1. The Balaban J connectivity index is 2.09. The van der Waals surface area contributed by atoms with Gasteiger partial charge in [0.1, 0.15) is 0 Å². The minimum Gasteiger partial charge on any atom is -0.316 e. The van der Waals surface area contributed by atoms with Crippen LogP contribution in [0.3, 0.4) is 0 Å². The predicted octanol–water partition coefficient (Wildman–Crippen LogP) is 3.54. The molecule has 0 saturated carbocycles. The molecular formula is C14H15BrClN3. The van der Waals surface area contributed by atoms with E-state index in [0.29, 0.717) is 0 Å². The molecule has 100 valence electrons. The van der Waals surface area contributed by atoms with Gasteiger partial charge in [-0.05, 0) is 47.1 Å². The molecule has 3 rings (SSSR count). The van der Waals surface area contributed by atoms with Gasteiger partial charge in [-0.3, -0.25) is 0 Å². The highest BCUT2D eigenvalue weighted by Crippen LogP contribution is 2.33. The average Bonchev–Trinajstić information content (AvgIpc) is 2.98. The molecule has 1 N–H and O–H groups in total. The summed E-state index contributed by atoms with van der Waals surface area (Å²) in [6, 6.07) is 5.83. The van der Waals surface area contributed by atoms with Crippen molar-refractivity contribution in [1.29, 1.82) is 0 Å². The lowest BCUT2D eigenvalue weighted by atomic mass is 9.86. The second-order valence-electron chi connectivity index (χ2n) is 5.23. The fraction of sp³-hybridized carbons (Fsp3) is 0.357. The minimum atomic E-state index is 0.135. The molecule has 1 unspecified atom stereocenters. The predicted molar refractivity (Wildman–Crippen MR) is 81.1 cm³/mol. The zero-order chi connectivity index (χ0) is 13.5. The summed E-state index contributed by atoms with van der Waals surface area (Å²) >= 11 is 9.59. The maximum Gasteiger partial charge on any atom is 0.0994 e. The van der Waals surface area contributed by atoms with Crippen LogP contribution in [0.15, 0.2) is 35.2 Å². The van der Waals surface area contributed by atoms with Crippen molar-refractivity contribution in [3.63, 3.8) is 0 Å². The molecule has 0 spiro atoms. The first kappa shape index (κ1) is 13.2. The van der Waals surface area contributed by atoms with E-state index in [4.69, 9.17) is 11.6 Å². The van der Waals surface area contributed by atoms with Crippen LogP contribution >= 0.6 is 27.5 Å². The van der Waals surface area contributed by atoms with Crippen LogP contribution in [0.5, 0.6) is 0 Å². The molecule has 1 fully saturated rings. The lowest BCUT2D eigenvalue weighted by Crippen LogP contribution is -2.27. The standard InChI is InChI=1S/C14H15BrClN3/c1-14(4-5-17-8-14)13-7-18-9-19(13)12-3-2-10(16)6-11(12)15/h2-3,6-7,9,17H,4-5,8H2,1H3. The third kappa shape index (κ3) is 2.33. The molecule has 2 aromatic rings. The SMILES string of the molecule is CC1(c2cncn2-c2ccc(Cl)cc2Br)CCNC1. The number of imidazole rings is 1. The number of benzene rings is 1. The fourth-order valence-corrected chi connectivity index (χ4v) is 3.52. The zero-order valence-electron chi connectivity index (χ0n) is 10.7. The summed E-state index contributed by atoms with van der Waals surface area (Å²) in [6.07, 6.45) is 4.96. The zero-order valence-corrected chi connectivity index (χ0v) is 13.0. The van der Waals surface area contributed by atoms with Crippen molar-refractivity contribution in [3.05, 3.63) is 45.9 Å². The van der Waals surface area contributed by atoms with Gasteiger partial charge in [-0.15, -0.1) is 0 Å². The van der Waals surface area contributed by atoms with Gasteiger partial charge in [0, 0.05) is 33.3 Å². The Morgan fingerprint density at radius 3 is 3.00 bits per heavy atom. The van der Waals surface area contributed by atoms with E-state index in [1.807, 2.05) is 30.7 Å². The summed E-state index contributed by atoms with van der Waals surface area (Å²) in [7, 11) is 0. The van der Waals surface area contributed by atoms with Gasteiger partial charge in [0.2, 0.25) is 0 Å². The van der Waals surface area contributed by atoms with Crippen LogP contribution in [0.2, 0.25) is 5.02 Å². The van der Waals surface area contributed by atoms with Crippen molar-refractivity contribution in [2.45, 2.75) is 18.8 Å². The molecule has 2 heterocycles. The molecule has 1 atom stereocenters. The molecule has 1 saturated heterocycles. The summed E-state index contributed by atoms with van der Waals surface area (Å²) in [5.41, 5.74) is 2.45. The molecule has 0 bridgehead atoms. The van der Waals surface area contributed by atoms with E-state index >= 15 is 0 Å². The van der Waals surface area contributed by atoms with Crippen LogP contribution in [-0.2, 0) is 5.41 Å². The van der Waals surface area contributed by atoms with Gasteiger partial charge in [0.25, 0.3) is 0 Å². The number of nitrogens with zero attached hydrogens (tertiary/aromatic N) is 2. The molecule has 19 heavy (non-hydrogen) atoms. The van der Waals surface area contributed by atoms with E-state index in [0.717, 1.165) is 34.7 Å². The molecule has 5 heteroatoms. The quantitative estimate of drug-likeness (QED) is 0.906. The van der Waals surface area contributed by atoms with Gasteiger partial charge in [-0.25, -0.2) is 4.98 Å². The Hall–Kier alpha value is -0.840. The monoisotopic (exact) mass is 339 g/mol. The molecule has 0 aliphatic carbocycles. The molecule has 0 amide bonds. The van der Waals surface area contributed by atoms with E-state index in [2.05, 4.69) is 37.7 Å². The Kier molecular flexibility index (Phi) is 3.41. The minimum absolute atomic E-state index is 0.135. The van der Waals surface area contributed by atoms with E-state index in [9.17, 15) is 0 Å². The molecule has 3 nitrogen and oxygen atoms in total. The van der Waals surface area contributed by atoms with Crippen molar-refractivity contribution in [2.75, 3.05) is 13.1 Å². The Labute approximate surface area is 126 Å². The number of aromatic nitrogens is 2. The molecule has 1 aromatic carbocycles. The number of nitrogens with one attached hydrogen (secondary N) is 1. The van der Waals surface area contributed by atoms with Crippen molar-refractivity contribution in [2.24, 2.45) is 0 Å². The van der Waals surface area contributed by atoms with Crippen LogP contribution in [0.1, 0.15) is 19.0 Å². The third-order valence-electron chi connectivity index (χ3n) is 3.79. The van der Waals surface area contributed by atoms with Crippen molar-refractivity contribution >= 4 is 27.5 Å². The Morgan fingerprint density at radius 1 is 1.47 bits per heavy atom. The lowest BCUT2D eigenvalue weighted by molar-refractivity contribution is 0.498. The molecule has 0 radical (unpaired) electrons. The third-order valence-corrected chi connectivity index (χ3v) is 4.67. The van der Waals surface area contributed by atoms with E-state index < -0.39 is 0 Å². The Morgan fingerprint density at radius 2 is 2.32 bits per heavy atom. The topological polar surface area (TPSA) is 29.9 Å². The summed E-state index contributed by atoms with van der Waals surface area (Å²) in [5, 5.41) is 4.16. The fourth-order valence-electron chi connectivity index (χ4n) is 2.65. The van der Waals surface area contributed by atoms with Crippen molar-refractivity contribution < 1.29 is 0 Å². The molecule has 1 aromatic heterocycles. The van der Waals surface area contributed by atoms with Crippen molar-refractivity contribution in [3.8, 4) is 5.69 Å². The first-order chi connectivity index (χ1) is 9.10. The van der Waals surface area contributed by atoms with Crippen LogP contribution in [0.25, 0.3) is 5.69 Å². The van der Waals surface area contributed by atoms with Crippen LogP contribution < -0.4 is 5.32 Å². The second-order valence-corrected chi connectivity index (χ2v) is 6.52. The number of halogens is 2. The lowest BCUT2D eigenvalue weighted by Gasteiger charge is -2.24. The maximum absolute atomic E-state index is 6.01. The van der Waals surface area contributed by atoms with Gasteiger partial charge >= 0.3 is 0 Å². The largest absolute Gasteiger partial charge is 0.316 e. The molecular weight excluding hydrogens is 326 g/mol. The van der Waals surface area contributed by atoms with E-state index in [1.54, 1.807) is 0 Å². The second kappa shape index (κ2) is 4.93. The first-order valence-electron chi connectivity index (χ1n) is 6.29. The number of rotatable bonds is 2. The van der Waals surface area contributed by atoms with Crippen molar-refractivity contribution in [1.82, 2.24) is 14.9 Å². The summed E-state index contributed by atoms with van der Waals surface area (Å²) in [6.45, 7) is 4.33. The molecule has 1 aliphatic heterocycles. The van der Waals surface area contributed by atoms with Crippen LogP contribution in [-0.4, -0.2) is 22.6 Å². The van der Waals surface area contributed by atoms with E-state index in [1.165, 1.54) is 5.69 Å². The van der Waals surface area contributed by atoms with E-state index in [-0.39, 0.29) is 5.41 Å². The van der Waals surface area contributed by atoms with Gasteiger partial charge in [0.05, 0.1) is 12.0 Å². The van der Waals surface area contributed by atoms with Crippen LogP contribution in [0, 0.1) is 0 Å². The highest BCUT2D eigenvalue weighted by molar-refractivity contribution is 9.10. The first-order valence-corrected chi connectivity index (χ1v) is 7.46.